The molecule has 6 aliphatic rings. The monoisotopic (exact) mass is 212 g/mol. The second-order valence-corrected chi connectivity index (χ2v) is 6.63. The van der Waals surface area contributed by atoms with Gasteiger partial charge in [0.1, 0.15) is 0 Å². The zero-order valence-electron chi connectivity index (χ0n) is 6.00. The van der Waals surface area contributed by atoms with Crippen LogP contribution in [0.3, 0.4) is 0 Å². The molecule has 11 heavy (non-hydrogen) atoms. The average Bonchev–Trinajstić information content (AvgIpc) is 2.06. The van der Waals surface area contributed by atoms with Gasteiger partial charge in [0.25, 0.3) is 0 Å². The molecule has 0 aromatic heterocycles. The third-order valence-corrected chi connectivity index (χ3v) is 7.58. The highest BCUT2D eigenvalue weighted by Gasteiger charge is 3.09. The normalized spacial score (nSPS) is 95.5. The Morgan fingerprint density at radius 3 is 1.82 bits per heavy atom. The van der Waals surface area contributed by atoms with Gasteiger partial charge in [-0.05, 0) is 35.5 Å². The van der Waals surface area contributed by atoms with E-state index in [-0.39, 0.29) is 0 Å². The SMILES string of the molecule is OCC12C3C4C1C1C2C3C41Br. The van der Waals surface area contributed by atoms with Gasteiger partial charge >= 0.3 is 0 Å². The number of rotatable bonds is 1. The van der Waals surface area contributed by atoms with Gasteiger partial charge in [-0.1, -0.05) is 15.9 Å². The molecular formula is C9H9BrO. The molecule has 0 unspecified atom stereocenters. The van der Waals surface area contributed by atoms with E-state index >= 15 is 0 Å². The van der Waals surface area contributed by atoms with Gasteiger partial charge in [0.05, 0.1) is 0 Å². The minimum absolute atomic E-state index is 0.500. The van der Waals surface area contributed by atoms with Crippen molar-refractivity contribution < 1.29 is 5.11 Å². The van der Waals surface area contributed by atoms with Gasteiger partial charge in [0.2, 0.25) is 0 Å². The lowest BCUT2D eigenvalue weighted by atomic mass is 8.96. The molecule has 0 amide bonds. The van der Waals surface area contributed by atoms with Crippen LogP contribution >= 0.6 is 15.9 Å². The number of aliphatic hydroxyl groups is 1. The summed E-state index contributed by atoms with van der Waals surface area (Å²) < 4.78 is 0.643. The number of halogens is 1. The van der Waals surface area contributed by atoms with Gasteiger partial charge in [0.15, 0.2) is 0 Å². The topological polar surface area (TPSA) is 20.2 Å². The van der Waals surface area contributed by atoms with Crippen LogP contribution in [-0.4, -0.2) is 16.0 Å². The van der Waals surface area contributed by atoms with Crippen molar-refractivity contribution in [3.8, 4) is 0 Å². The maximum Gasteiger partial charge on any atom is 0.0496 e. The number of alkyl halides is 1. The van der Waals surface area contributed by atoms with Crippen molar-refractivity contribution in [1.82, 2.24) is 0 Å². The van der Waals surface area contributed by atoms with Crippen LogP contribution in [0.2, 0.25) is 0 Å². The lowest BCUT2D eigenvalue weighted by Gasteiger charge is -3.10. The van der Waals surface area contributed by atoms with Crippen LogP contribution in [0.15, 0.2) is 0 Å². The van der Waals surface area contributed by atoms with Gasteiger partial charge in [-0.25, -0.2) is 0 Å². The quantitative estimate of drug-likeness (QED) is 0.640. The highest BCUT2D eigenvalue weighted by Crippen LogP contribution is 3.08. The second kappa shape index (κ2) is 0.941. The van der Waals surface area contributed by atoms with Crippen LogP contribution in [0.25, 0.3) is 0 Å². The summed E-state index contributed by atoms with van der Waals surface area (Å²) in [6.45, 7) is 0.500. The Kier molecular flexibility index (Phi) is 0.448. The highest BCUT2D eigenvalue weighted by molar-refractivity contribution is 9.10. The van der Waals surface area contributed by atoms with Crippen LogP contribution < -0.4 is 0 Å². The molecule has 2 heteroatoms. The smallest absolute Gasteiger partial charge is 0.0496 e. The van der Waals surface area contributed by atoms with Crippen molar-refractivity contribution >= 4 is 15.9 Å². The first-order valence-electron chi connectivity index (χ1n) is 4.59. The maximum absolute atomic E-state index is 9.29. The van der Waals surface area contributed by atoms with Crippen LogP contribution in [0.4, 0.5) is 0 Å². The van der Waals surface area contributed by atoms with Gasteiger partial charge < -0.3 is 5.11 Å². The summed E-state index contributed by atoms with van der Waals surface area (Å²) in [5, 5.41) is 9.29. The maximum atomic E-state index is 9.29. The molecule has 0 heterocycles. The molecule has 6 rings (SSSR count). The van der Waals surface area contributed by atoms with E-state index in [0.717, 1.165) is 35.5 Å². The molecule has 1 N–H and O–H groups in total. The van der Waals surface area contributed by atoms with Crippen LogP contribution in [0, 0.1) is 40.9 Å². The molecular weight excluding hydrogens is 204 g/mol. The van der Waals surface area contributed by atoms with Crippen LogP contribution in [0.1, 0.15) is 0 Å². The summed E-state index contributed by atoms with van der Waals surface area (Å²) in [5.41, 5.74) is 0.509. The fourth-order valence-corrected chi connectivity index (χ4v) is 7.64. The van der Waals surface area contributed by atoms with Gasteiger partial charge in [-0.15, -0.1) is 0 Å². The van der Waals surface area contributed by atoms with E-state index in [9.17, 15) is 5.11 Å². The Hall–Kier alpha value is 0.440. The third kappa shape index (κ3) is 0.185. The number of hydrogen-bond acceptors (Lipinski definition) is 1. The first kappa shape index (κ1) is 5.23. The predicted octanol–water partition coefficient (Wildman–Crippen LogP) is 0.864. The third-order valence-electron chi connectivity index (χ3n) is 5.99. The summed E-state index contributed by atoms with van der Waals surface area (Å²) in [6, 6.07) is 0. The van der Waals surface area contributed by atoms with Crippen molar-refractivity contribution in [3.05, 3.63) is 0 Å². The molecule has 58 valence electrons. The second-order valence-electron chi connectivity index (χ2n) is 5.25. The number of hydrogen-bond donors (Lipinski definition) is 1. The standard InChI is InChI=1S/C9H9BrO/c10-9-5-2-6(9)4-7(9)3(5)8(2,4)1-11/h2-7,11H,1H2. The summed E-state index contributed by atoms with van der Waals surface area (Å²) in [6.07, 6.45) is 0. The fraction of sp³-hybridized carbons (Fsp3) is 1.00. The van der Waals surface area contributed by atoms with Gasteiger partial charge in [0, 0.05) is 16.3 Å². The molecule has 0 aromatic rings. The lowest BCUT2D eigenvalue weighted by molar-refractivity contribution is -0.597. The van der Waals surface area contributed by atoms with E-state index in [1.165, 1.54) is 0 Å². The Balaban J connectivity index is 1.76. The molecule has 0 spiro atoms. The van der Waals surface area contributed by atoms with Crippen molar-refractivity contribution in [2.24, 2.45) is 40.9 Å². The van der Waals surface area contributed by atoms with Crippen molar-refractivity contribution in [1.29, 1.82) is 0 Å². The average molecular weight is 213 g/mol. The Labute approximate surface area is 73.3 Å². The van der Waals surface area contributed by atoms with E-state index in [0.29, 0.717) is 16.3 Å². The van der Waals surface area contributed by atoms with Gasteiger partial charge in [-0.3, -0.25) is 0 Å². The van der Waals surface area contributed by atoms with E-state index < -0.39 is 0 Å². The molecule has 6 aliphatic carbocycles. The van der Waals surface area contributed by atoms with Crippen LogP contribution in [0.5, 0.6) is 0 Å². The first-order chi connectivity index (χ1) is 5.29. The summed E-state index contributed by atoms with van der Waals surface area (Å²) in [5.74, 6) is 5.92. The zero-order valence-corrected chi connectivity index (χ0v) is 7.58. The highest BCUT2D eigenvalue weighted by atomic mass is 79.9. The largest absolute Gasteiger partial charge is 0.396 e. The summed E-state index contributed by atoms with van der Waals surface area (Å²) in [7, 11) is 0. The molecule has 0 atom stereocenters. The van der Waals surface area contributed by atoms with Crippen molar-refractivity contribution in [2.45, 2.75) is 4.32 Å². The molecule has 0 saturated heterocycles. The molecule has 0 radical (unpaired) electrons. The van der Waals surface area contributed by atoms with Crippen molar-refractivity contribution in [3.63, 3.8) is 0 Å². The van der Waals surface area contributed by atoms with E-state index in [1.54, 1.807) is 0 Å². The Morgan fingerprint density at radius 1 is 1.00 bits per heavy atom. The summed E-state index contributed by atoms with van der Waals surface area (Å²) >= 11 is 3.89. The Bertz CT molecular complexity index is 257. The lowest BCUT2D eigenvalue weighted by Crippen LogP contribution is -3.11. The fourth-order valence-electron chi connectivity index (χ4n) is 5.94. The molecule has 0 bridgehead atoms. The first-order valence-corrected chi connectivity index (χ1v) is 5.38. The minimum Gasteiger partial charge on any atom is -0.396 e. The predicted molar refractivity (Wildman–Crippen MR) is 42.1 cm³/mol. The number of aliphatic hydroxyl groups excluding tert-OH is 1. The molecule has 1 nitrogen and oxygen atoms in total. The Morgan fingerprint density at radius 2 is 1.45 bits per heavy atom. The van der Waals surface area contributed by atoms with E-state index in [4.69, 9.17) is 0 Å². The minimum atomic E-state index is 0.500. The van der Waals surface area contributed by atoms with Crippen LogP contribution in [-0.2, 0) is 0 Å². The molecule has 0 aliphatic heterocycles. The molecule has 6 saturated carbocycles. The van der Waals surface area contributed by atoms with Crippen molar-refractivity contribution in [2.75, 3.05) is 6.61 Å². The summed E-state index contributed by atoms with van der Waals surface area (Å²) in [4.78, 5) is 0. The van der Waals surface area contributed by atoms with E-state index in [2.05, 4.69) is 15.9 Å². The molecule has 6 fully saturated rings. The molecule has 0 aromatic carbocycles. The van der Waals surface area contributed by atoms with E-state index in [1.807, 2.05) is 0 Å². The van der Waals surface area contributed by atoms with Gasteiger partial charge in [-0.2, -0.15) is 0 Å². The zero-order chi connectivity index (χ0) is 7.17.